The molecule has 1 fully saturated rings. The van der Waals surface area contributed by atoms with Crippen LogP contribution in [0.2, 0.25) is 0 Å². The number of hydrogen-bond acceptors (Lipinski definition) is 5. The first-order chi connectivity index (χ1) is 8.70. The third-order valence-corrected chi connectivity index (χ3v) is 2.98. The minimum atomic E-state index is -0.377. The molecule has 5 nitrogen and oxygen atoms in total. The highest BCUT2D eigenvalue weighted by Gasteiger charge is 2.25. The van der Waals surface area contributed by atoms with Gasteiger partial charge in [0.25, 0.3) is 0 Å². The van der Waals surface area contributed by atoms with Gasteiger partial charge in [0, 0.05) is 6.54 Å². The molecule has 1 aliphatic rings. The molecule has 0 radical (unpaired) electrons. The van der Waals surface area contributed by atoms with Crippen LogP contribution in [0.4, 0.5) is 5.82 Å². The van der Waals surface area contributed by atoms with Gasteiger partial charge in [-0.1, -0.05) is 6.07 Å². The standard InChI is InChI=1S/C13H17N3O2/c1-10(17)7-12-9-18-6-5-16(12)13-4-2-3-11(8-14)15-13/h2-4,10,12,17H,5-7,9H2,1H3. The van der Waals surface area contributed by atoms with Crippen LogP contribution in [0.5, 0.6) is 0 Å². The highest BCUT2D eigenvalue weighted by atomic mass is 16.5. The SMILES string of the molecule is CC(O)CC1COCCN1c1cccc(C#N)n1. The first-order valence-electron chi connectivity index (χ1n) is 6.10. The first kappa shape index (κ1) is 12.8. The van der Waals surface area contributed by atoms with Crippen LogP contribution in [0.1, 0.15) is 19.0 Å². The first-order valence-corrected chi connectivity index (χ1v) is 6.10. The average molecular weight is 247 g/mol. The molecule has 96 valence electrons. The Labute approximate surface area is 107 Å². The van der Waals surface area contributed by atoms with Crippen molar-refractivity contribution in [2.75, 3.05) is 24.7 Å². The van der Waals surface area contributed by atoms with Crippen molar-refractivity contribution in [3.8, 4) is 6.07 Å². The molecule has 0 aromatic carbocycles. The van der Waals surface area contributed by atoms with Crippen LogP contribution in [0.15, 0.2) is 18.2 Å². The van der Waals surface area contributed by atoms with Gasteiger partial charge in [0.05, 0.1) is 25.4 Å². The predicted octanol–water partition coefficient (Wildman–Crippen LogP) is 0.929. The third kappa shape index (κ3) is 2.97. The molecule has 18 heavy (non-hydrogen) atoms. The minimum Gasteiger partial charge on any atom is -0.393 e. The van der Waals surface area contributed by atoms with E-state index in [9.17, 15) is 5.11 Å². The minimum absolute atomic E-state index is 0.111. The summed E-state index contributed by atoms with van der Waals surface area (Å²) in [6.07, 6.45) is 0.261. The predicted molar refractivity (Wildman–Crippen MR) is 67.2 cm³/mol. The van der Waals surface area contributed by atoms with Crippen LogP contribution in [-0.4, -0.2) is 42.0 Å². The smallest absolute Gasteiger partial charge is 0.142 e. The van der Waals surface area contributed by atoms with Crippen molar-refractivity contribution in [2.24, 2.45) is 0 Å². The van der Waals surface area contributed by atoms with Crippen molar-refractivity contribution in [2.45, 2.75) is 25.5 Å². The Morgan fingerprint density at radius 2 is 2.50 bits per heavy atom. The second-order valence-electron chi connectivity index (χ2n) is 4.50. The van der Waals surface area contributed by atoms with Gasteiger partial charge in [0.1, 0.15) is 17.6 Å². The zero-order valence-corrected chi connectivity index (χ0v) is 10.4. The lowest BCUT2D eigenvalue weighted by Crippen LogP contribution is -2.47. The molecular formula is C13H17N3O2. The van der Waals surface area contributed by atoms with Crippen LogP contribution in [-0.2, 0) is 4.74 Å². The lowest BCUT2D eigenvalue weighted by atomic mass is 10.1. The Balaban J connectivity index is 2.19. The van der Waals surface area contributed by atoms with E-state index in [0.29, 0.717) is 25.3 Å². The molecule has 1 aromatic heterocycles. The number of anilines is 1. The van der Waals surface area contributed by atoms with E-state index in [1.54, 1.807) is 13.0 Å². The second kappa shape index (κ2) is 5.80. The Morgan fingerprint density at radius 3 is 3.22 bits per heavy atom. The summed E-state index contributed by atoms with van der Waals surface area (Å²) in [7, 11) is 0. The van der Waals surface area contributed by atoms with Gasteiger partial charge in [0.2, 0.25) is 0 Å². The normalized spacial score (nSPS) is 21.4. The molecule has 1 aliphatic heterocycles. The summed E-state index contributed by atoms with van der Waals surface area (Å²) >= 11 is 0. The van der Waals surface area contributed by atoms with Crippen molar-refractivity contribution in [3.05, 3.63) is 23.9 Å². The number of nitrogens with zero attached hydrogens (tertiary/aromatic N) is 3. The van der Waals surface area contributed by atoms with E-state index in [1.807, 2.05) is 18.2 Å². The van der Waals surface area contributed by atoms with Crippen LogP contribution >= 0.6 is 0 Å². The molecule has 1 N–H and O–H groups in total. The number of hydrogen-bond donors (Lipinski definition) is 1. The van der Waals surface area contributed by atoms with E-state index < -0.39 is 0 Å². The number of aliphatic hydroxyl groups excluding tert-OH is 1. The van der Waals surface area contributed by atoms with E-state index in [4.69, 9.17) is 10.00 Å². The fraction of sp³-hybridized carbons (Fsp3) is 0.538. The maximum absolute atomic E-state index is 9.52. The molecule has 0 aliphatic carbocycles. The summed E-state index contributed by atoms with van der Waals surface area (Å²) in [6.45, 7) is 3.74. The Morgan fingerprint density at radius 1 is 1.67 bits per heavy atom. The number of pyridine rings is 1. The Bertz CT molecular complexity index is 442. The zero-order chi connectivity index (χ0) is 13.0. The molecule has 2 atom stereocenters. The second-order valence-corrected chi connectivity index (χ2v) is 4.50. The number of morpholine rings is 1. The van der Waals surface area contributed by atoms with Crippen molar-refractivity contribution >= 4 is 5.82 Å². The summed E-state index contributed by atoms with van der Waals surface area (Å²) in [5, 5.41) is 18.4. The van der Waals surface area contributed by atoms with Crippen molar-refractivity contribution < 1.29 is 9.84 Å². The molecule has 0 bridgehead atoms. The molecule has 5 heteroatoms. The highest BCUT2D eigenvalue weighted by Crippen LogP contribution is 2.20. The van der Waals surface area contributed by atoms with E-state index in [2.05, 4.69) is 9.88 Å². The van der Waals surface area contributed by atoms with Crippen molar-refractivity contribution in [1.82, 2.24) is 4.98 Å². The van der Waals surface area contributed by atoms with Crippen LogP contribution in [0.25, 0.3) is 0 Å². The molecule has 2 rings (SSSR count). The summed E-state index contributed by atoms with van der Waals surface area (Å²) in [5.41, 5.74) is 0.412. The van der Waals surface area contributed by atoms with Gasteiger partial charge in [-0.25, -0.2) is 4.98 Å². The fourth-order valence-electron chi connectivity index (χ4n) is 2.19. The van der Waals surface area contributed by atoms with E-state index in [-0.39, 0.29) is 12.1 Å². The Kier molecular flexibility index (Phi) is 4.13. The topological polar surface area (TPSA) is 69.4 Å². The largest absolute Gasteiger partial charge is 0.393 e. The van der Waals surface area contributed by atoms with Gasteiger partial charge >= 0.3 is 0 Å². The highest BCUT2D eigenvalue weighted by molar-refractivity contribution is 5.43. The molecule has 2 unspecified atom stereocenters. The van der Waals surface area contributed by atoms with Gasteiger partial charge < -0.3 is 14.7 Å². The molecule has 1 aromatic rings. The quantitative estimate of drug-likeness (QED) is 0.860. The number of nitriles is 1. The van der Waals surface area contributed by atoms with E-state index in [0.717, 1.165) is 12.4 Å². The Hall–Kier alpha value is -1.64. The molecule has 2 heterocycles. The summed E-state index contributed by atoms with van der Waals surface area (Å²) in [6, 6.07) is 7.56. The van der Waals surface area contributed by atoms with Crippen LogP contribution in [0.3, 0.4) is 0 Å². The van der Waals surface area contributed by atoms with Gasteiger partial charge in [-0.15, -0.1) is 0 Å². The maximum atomic E-state index is 9.52. The molecule has 0 saturated carbocycles. The number of ether oxygens (including phenoxy) is 1. The monoisotopic (exact) mass is 247 g/mol. The molecule has 0 amide bonds. The van der Waals surface area contributed by atoms with Crippen molar-refractivity contribution in [3.63, 3.8) is 0 Å². The zero-order valence-electron chi connectivity index (χ0n) is 10.4. The molecule has 0 spiro atoms. The molecular weight excluding hydrogens is 230 g/mol. The van der Waals surface area contributed by atoms with Crippen LogP contribution < -0.4 is 4.90 Å². The number of rotatable bonds is 3. The summed E-state index contributed by atoms with van der Waals surface area (Å²) < 4.78 is 5.45. The van der Waals surface area contributed by atoms with Gasteiger partial charge in [0.15, 0.2) is 0 Å². The lowest BCUT2D eigenvalue weighted by Gasteiger charge is -2.37. The van der Waals surface area contributed by atoms with Gasteiger partial charge in [-0.2, -0.15) is 5.26 Å². The molecule has 1 saturated heterocycles. The van der Waals surface area contributed by atoms with Gasteiger partial charge in [-0.3, -0.25) is 0 Å². The lowest BCUT2D eigenvalue weighted by molar-refractivity contribution is 0.0718. The number of aliphatic hydroxyl groups is 1. The van der Waals surface area contributed by atoms with E-state index >= 15 is 0 Å². The van der Waals surface area contributed by atoms with Crippen molar-refractivity contribution in [1.29, 1.82) is 5.26 Å². The third-order valence-electron chi connectivity index (χ3n) is 2.98. The summed E-state index contributed by atoms with van der Waals surface area (Å²) in [5.74, 6) is 0.781. The van der Waals surface area contributed by atoms with Crippen LogP contribution in [0, 0.1) is 11.3 Å². The number of aromatic nitrogens is 1. The maximum Gasteiger partial charge on any atom is 0.142 e. The van der Waals surface area contributed by atoms with E-state index in [1.165, 1.54) is 0 Å². The van der Waals surface area contributed by atoms with Gasteiger partial charge in [-0.05, 0) is 25.5 Å². The summed E-state index contributed by atoms with van der Waals surface area (Å²) in [4.78, 5) is 6.41. The average Bonchev–Trinajstić information content (AvgIpc) is 2.39. The fourth-order valence-corrected chi connectivity index (χ4v) is 2.19.